The van der Waals surface area contributed by atoms with Crippen LogP contribution in [0, 0.1) is 5.92 Å². The molecule has 3 aliphatic heterocycles. The number of rotatable bonds is 9. The summed E-state index contributed by atoms with van der Waals surface area (Å²) in [5, 5.41) is 15.7. The van der Waals surface area contributed by atoms with Crippen LogP contribution in [-0.2, 0) is 9.53 Å². The Morgan fingerprint density at radius 2 is 1.75 bits per heavy atom. The number of carbonyl (C=O) groups is 3. The zero-order valence-corrected chi connectivity index (χ0v) is 25.4. The lowest BCUT2D eigenvalue weighted by Crippen LogP contribution is -2.50. The van der Waals surface area contributed by atoms with Gasteiger partial charge in [-0.05, 0) is 37.3 Å². The molecule has 3 heterocycles. The molecule has 238 valence electrons. The number of anilines is 2. The Bertz CT molecular complexity index is 1350. The first kappa shape index (κ1) is 31.4. The van der Waals surface area contributed by atoms with E-state index in [-0.39, 0.29) is 49.3 Å². The third-order valence-corrected chi connectivity index (χ3v) is 8.13. The van der Waals surface area contributed by atoms with Crippen LogP contribution in [0.5, 0.6) is 17.2 Å². The van der Waals surface area contributed by atoms with Crippen LogP contribution in [0.3, 0.4) is 0 Å². The fourth-order valence-electron chi connectivity index (χ4n) is 5.37. The van der Waals surface area contributed by atoms with Crippen LogP contribution in [0.25, 0.3) is 0 Å². The van der Waals surface area contributed by atoms with Crippen molar-refractivity contribution in [1.29, 1.82) is 0 Å². The second-order valence-corrected chi connectivity index (χ2v) is 11.5. The summed E-state index contributed by atoms with van der Waals surface area (Å²) in [5.41, 5.74) is 1.33. The lowest BCUT2D eigenvalue weighted by atomic mass is 9.99. The third-order valence-electron chi connectivity index (χ3n) is 8.13. The van der Waals surface area contributed by atoms with Crippen LogP contribution in [0.1, 0.15) is 30.6 Å². The first-order valence-electron chi connectivity index (χ1n) is 15.0. The molecule has 0 spiro atoms. The summed E-state index contributed by atoms with van der Waals surface area (Å²) in [4.78, 5) is 44.9. The molecular weight excluding hydrogens is 570 g/mol. The van der Waals surface area contributed by atoms with Gasteiger partial charge in [0, 0.05) is 63.0 Å². The third kappa shape index (κ3) is 7.52. The zero-order valence-electron chi connectivity index (χ0n) is 25.4. The van der Waals surface area contributed by atoms with Gasteiger partial charge in [0.1, 0.15) is 11.9 Å². The summed E-state index contributed by atoms with van der Waals surface area (Å²) >= 11 is 0. The van der Waals surface area contributed by atoms with Gasteiger partial charge in [-0.25, -0.2) is 4.79 Å². The number of amides is 4. The zero-order chi connectivity index (χ0) is 31.2. The van der Waals surface area contributed by atoms with Crippen molar-refractivity contribution < 1.29 is 38.4 Å². The van der Waals surface area contributed by atoms with Crippen LogP contribution in [-0.4, -0.2) is 116 Å². The van der Waals surface area contributed by atoms with E-state index >= 15 is 0 Å². The average Bonchev–Trinajstić information content (AvgIpc) is 3.50. The Hall–Kier alpha value is -4.07. The van der Waals surface area contributed by atoms with Crippen molar-refractivity contribution in [2.24, 2.45) is 5.92 Å². The molecule has 1 fully saturated rings. The molecule has 44 heavy (non-hydrogen) atoms. The van der Waals surface area contributed by atoms with Crippen LogP contribution in [0.15, 0.2) is 36.4 Å². The Balaban J connectivity index is 1.29. The van der Waals surface area contributed by atoms with Gasteiger partial charge >= 0.3 is 6.03 Å². The number of hydrogen-bond donors (Lipinski definition) is 3. The number of likely N-dealkylation sites (N-methyl/N-ethyl adjacent to an activating group) is 1. The molecule has 0 radical (unpaired) electrons. The standard InChI is InChI=1S/C31H41N5O8/c1-20-16-36(21(2)18-37)30(39)24-14-22(32-29(38)8-9-35-10-12-41-13-11-35)4-6-25(24)44-28(20)17-34(3)31(40)33-23-5-7-26-27(15-23)43-19-42-26/h4-7,14-15,20-21,28,37H,8-13,16-19H2,1-3H3,(H,32,38)(H,33,40)/t20-,21+,28+/m1/s1. The largest absolute Gasteiger partial charge is 0.487 e. The number of aliphatic hydroxyl groups excluding tert-OH is 1. The topological polar surface area (TPSA) is 142 Å². The molecule has 5 rings (SSSR count). The number of urea groups is 1. The fraction of sp³-hybridized carbons (Fsp3) is 0.516. The molecule has 2 aromatic rings. The monoisotopic (exact) mass is 611 g/mol. The first-order chi connectivity index (χ1) is 21.2. The summed E-state index contributed by atoms with van der Waals surface area (Å²) in [6, 6.07) is 9.39. The van der Waals surface area contributed by atoms with Crippen molar-refractivity contribution in [3.05, 3.63) is 42.0 Å². The van der Waals surface area contributed by atoms with Gasteiger partial charge in [-0.15, -0.1) is 0 Å². The number of ether oxygens (including phenoxy) is 4. The van der Waals surface area contributed by atoms with Gasteiger partial charge in [0.2, 0.25) is 12.7 Å². The lowest BCUT2D eigenvalue weighted by molar-refractivity contribution is -0.116. The van der Waals surface area contributed by atoms with E-state index in [4.69, 9.17) is 18.9 Å². The molecule has 0 saturated carbocycles. The highest BCUT2D eigenvalue weighted by Gasteiger charge is 2.34. The smallest absolute Gasteiger partial charge is 0.321 e. The van der Waals surface area contributed by atoms with E-state index < -0.39 is 12.1 Å². The molecule has 4 amide bonds. The minimum atomic E-state index is -0.475. The minimum Gasteiger partial charge on any atom is -0.487 e. The maximum Gasteiger partial charge on any atom is 0.321 e. The molecular formula is C31H41N5O8. The normalized spacial score (nSPS) is 20.5. The average molecular weight is 612 g/mol. The van der Waals surface area contributed by atoms with Crippen molar-refractivity contribution in [2.45, 2.75) is 32.4 Å². The maximum atomic E-state index is 13.7. The Morgan fingerprint density at radius 3 is 2.50 bits per heavy atom. The molecule has 0 aliphatic carbocycles. The van der Waals surface area contributed by atoms with Gasteiger partial charge < -0.3 is 44.5 Å². The number of nitrogens with one attached hydrogen (secondary N) is 2. The van der Waals surface area contributed by atoms with E-state index in [2.05, 4.69) is 15.5 Å². The Kier molecular flexibility index (Phi) is 10.1. The van der Waals surface area contributed by atoms with E-state index in [1.165, 1.54) is 4.90 Å². The number of hydrogen-bond acceptors (Lipinski definition) is 9. The summed E-state index contributed by atoms with van der Waals surface area (Å²) < 4.78 is 22.5. The van der Waals surface area contributed by atoms with Crippen LogP contribution >= 0.6 is 0 Å². The highest BCUT2D eigenvalue weighted by atomic mass is 16.7. The lowest BCUT2D eigenvalue weighted by Gasteiger charge is -2.38. The van der Waals surface area contributed by atoms with Gasteiger partial charge in [-0.3, -0.25) is 14.5 Å². The van der Waals surface area contributed by atoms with Gasteiger partial charge in [-0.1, -0.05) is 6.92 Å². The highest BCUT2D eigenvalue weighted by molar-refractivity contribution is 6.00. The summed E-state index contributed by atoms with van der Waals surface area (Å²) in [7, 11) is 1.67. The highest BCUT2D eigenvalue weighted by Crippen LogP contribution is 2.34. The van der Waals surface area contributed by atoms with E-state index in [0.717, 1.165) is 13.1 Å². The number of aliphatic hydroxyl groups is 1. The number of nitrogens with zero attached hydrogens (tertiary/aromatic N) is 3. The van der Waals surface area contributed by atoms with Crippen molar-refractivity contribution in [2.75, 3.05) is 77.0 Å². The molecule has 3 N–H and O–H groups in total. The minimum absolute atomic E-state index is 0.141. The molecule has 2 aromatic carbocycles. The number of carbonyl (C=O) groups excluding carboxylic acids is 3. The van der Waals surface area contributed by atoms with E-state index in [0.29, 0.717) is 61.3 Å². The summed E-state index contributed by atoms with van der Waals surface area (Å²) in [6.45, 7) is 7.74. The molecule has 3 aliphatic rings. The Morgan fingerprint density at radius 1 is 1.05 bits per heavy atom. The maximum absolute atomic E-state index is 13.7. The molecule has 0 bridgehead atoms. The van der Waals surface area contributed by atoms with Gasteiger partial charge in [-0.2, -0.15) is 0 Å². The molecule has 13 nitrogen and oxygen atoms in total. The molecule has 3 atom stereocenters. The SMILES string of the molecule is C[C@@H]1CN([C@@H](C)CO)C(=O)c2cc(NC(=O)CCN3CCOCC3)ccc2O[C@H]1CN(C)C(=O)Nc1ccc2c(c1)OCO2. The fourth-order valence-corrected chi connectivity index (χ4v) is 5.37. The van der Waals surface area contributed by atoms with Crippen molar-refractivity contribution in [3.8, 4) is 17.2 Å². The number of benzene rings is 2. The second kappa shape index (κ2) is 14.1. The summed E-state index contributed by atoms with van der Waals surface area (Å²) in [5.74, 6) is 0.898. The van der Waals surface area contributed by atoms with Crippen molar-refractivity contribution >= 4 is 29.2 Å². The molecule has 0 aromatic heterocycles. The van der Waals surface area contributed by atoms with Gasteiger partial charge in [0.15, 0.2) is 11.5 Å². The van der Waals surface area contributed by atoms with Crippen LogP contribution in [0.2, 0.25) is 0 Å². The molecule has 0 unspecified atom stereocenters. The van der Waals surface area contributed by atoms with Crippen LogP contribution < -0.4 is 24.8 Å². The number of morpholine rings is 1. The van der Waals surface area contributed by atoms with Gasteiger partial charge in [0.25, 0.3) is 5.91 Å². The first-order valence-corrected chi connectivity index (χ1v) is 15.0. The van der Waals surface area contributed by atoms with Crippen LogP contribution in [0.4, 0.5) is 16.2 Å². The Labute approximate surface area is 257 Å². The molecule has 13 heteroatoms. The predicted octanol–water partition coefficient (Wildman–Crippen LogP) is 2.46. The predicted molar refractivity (Wildman–Crippen MR) is 162 cm³/mol. The van der Waals surface area contributed by atoms with E-state index in [1.54, 1.807) is 55.3 Å². The second-order valence-electron chi connectivity index (χ2n) is 11.5. The van der Waals surface area contributed by atoms with E-state index in [9.17, 15) is 19.5 Å². The number of fused-ring (bicyclic) bond motifs is 2. The quantitative estimate of drug-likeness (QED) is 0.390. The van der Waals surface area contributed by atoms with E-state index in [1.807, 2.05) is 6.92 Å². The van der Waals surface area contributed by atoms with Crippen molar-refractivity contribution in [3.63, 3.8) is 0 Å². The van der Waals surface area contributed by atoms with Gasteiger partial charge in [0.05, 0.1) is 38.0 Å². The molecule has 1 saturated heterocycles. The van der Waals surface area contributed by atoms with Crippen molar-refractivity contribution in [1.82, 2.24) is 14.7 Å². The summed E-state index contributed by atoms with van der Waals surface area (Å²) in [6.07, 6.45) is -0.160.